The molecule has 1 aromatic heterocycles. The average Bonchev–Trinajstić information content (AvgIpc) is 2.41. The van der Waals surface area contributed by atoms with Gasteiger partial charge in [0.1, 0.15) is 0 Å². The predicted molar refractivity (Wildman–Crippen MR) is 68.6 cm³/mol. The summed E-state index contributed by atoms with van der Waals surface area (Å²) in [5.74, 6) is 5.18. The molecule has 2 heterocycles. The van der Waals surface area contributed by atoms with Crippen molar-refractivity contribution in [1.29, 1.82) is 0 Å². The summed E-state index contributed by atoms with van der Waals surface area (Å²) in [6, 6.07) is 1.64. The second-order valence-electron chi connectivity index (χ2n) is 4.30. The zero-order chi connectivity index (χ0) is 13.0. The number of rotatable bonds is 3. The molecule has 0 spiro atoms. The number of piperazine rings is 1. The summed E-state index contributed by atoms with van der Waals surface area (Å²) < 4.78 is 0. The van der Waals surface area contributed by atoms with Crippen LogP contribution in [-0.4, -0.2) is 54.0 Å². The smallest absolute Gasteiger partial charge is 0.267 e. The summed E-state index contributed by atoms with van der Waals surface area (Å²) in [5.41, 5.74) is 6.36. The van der Waals surface area contributed by atoms with E-state index in [9.17, 15) is 4.79 Å². The highest BCUT2D eigenvalue weighted by molar-refractivity contribution is 5.98. The normalized spacial score (nSPS) is 17.4. The van der Waals surface area contributed by atoms with Crippen LogP contribution in [-0.2, 0) is 0 Å². The molecule has 0 unspecified atom stereocenters. The van der Waals surface area contributed by atoms with Gasteiger partial charge in [-0.15, -0.1) is 0 Å². The third-order valence-corrected chi connectivity index (χ3v) is 2.98. The van der Waals surface area contributed by atoms with Crippen LogP contribution >= 0.6 is 0 Å². The molecule has 0 aromatic carbocycles. The van der Waals surface area contributed by atoms with E-state index in [4.69, 9.17) is 5.84 Å². The van der Waals surface area contributed by atoms with Crippen LogP contribution in [0.4, 0.5) is 5.69 Å². The van der Waals surface area contributed by atoms with E-state index < -0.39 is 0 Å². The van der Waals surface area contributed by atoms with E-state index in [2.05, 4.69) is 27.8 Å². The Morgan fingerprint density at radius 3 is 2.78 bits per heavy atom. The first-order valence-corrected chi connectivity index (χ1v) is 5.86. The number of hydrazine groups is 2. The van der Waals surface area contributed by atoms with E-state index in [1.165, 1.54) is 6.20 Å². The van der Waals surface area contributed by atoms with Gasteiger partial charge in [0.2, 0.25) is 0 Å². The van der Waals surface area contributed by atoms with Gasteiger partial charge in [0, 0.05) is 32.4 Å². The molecule has 1 aromatic rings. The molecule has 4 N–H and O–H groups in total. The minimum Gasteiger partial charge on any atom is -0.322 e. The van der Waals surface area contributed by atoms with Crippen molar-refractivity contribution in [1.82, 2.24) is 20.3 Å². The lowest BCUT2D eigenvalue weighted by Gasteiger charge is -2.32. The van der Waals surface area contributed by atoms with Crippen molar-refractivity contribution in [2.45, 2.75) is 0 Å². The Labute approximate surface area is 106 Å². The van der Waals surface area contributed by atoms with E-state index in [1.807, 2.05) is 5.01 Å². The van der Waals surface area contributed by atoms with Gasteiger partial charge in [-0.25, -0.2) is 5.01 Å². The second kappa shape index (κ2) is 5.76. The number of nitrogen functional groups attached to an aromatic ring is 1. The first kappa shape index (κ1) is 12.7. The van der Waals surface area contributed by atoms with E-state index in [0.717, 1.165) is 26.2 Å². The van der Waals surface area contributed by atoms with Crippen LogP contribution in [0.5, 0.6) is 0 Å². The largest absolute Gasteiger partial charge is 0.322 e. The van der Waals surface area contributed by atoms with E-state index >= 15 is 0 Å². The van der Waals surface area contributed by atoms with Gasteiger partial charge in [0.05, 0.1) is 17.4 Å². The van der Waals surface area contributed by atoms with Gasteiger partial charge in [-0.3, -0.25) is 21.0 Å². The van der Waals surface area contributed by atoms with Gasteiger partial charge in [0.25, 0.3) is 5.91 Å². The van der Waals surface area contributed by atoms with Crippen LogP contribution in [0.3, 0.4) is 0 Å². The molecule has 1 fully saturated rings. The highest BCUT2D eigenvalue weighted by Gasteiger charge is 2.18. The Bertz CT molecular complexity index is 416. The lowest BCUT2D eigenvalue weighted by molar-refractivity contribution is 0.0663. The Kier molecular flexibility index (Phi) is 4.08. The van der Waals surface area contributed by atoms with Crippen LogP contribution in [0.15, 0.2) is 18.5 Å². The molecule has 98 valence electrons. The van der Waals surface area contributed by atoms with E-state index in [0.29, 0.717) is 11.3 Å². The molecule has 18 heavy (non-hydrogen) atoms. The van der Waals surface area contributed by atoms with Crippen LogP contribution in [0.1, 0.15) is 10.4 Å². The number of carbonyl (C=O) groups is 1. The van der Waals surface area contributed by atoms with Gasteiger partial charge >= 0.3 is 0 Å². The number of carbonyl (C=O) groups excluding carboxylic acids is 1. The number of nitrogens with two attached hydrogens (primary N) is 1. The zero-order valence-electron chi connectivity index (χ0n) is 10.4. The standard InChI is InChI=1S/C11H18N6O/c1-16-4-6-17(7-5-16)15-11(18)9-2-3-13-8-10(9)14-12/h2-3,8,14H,4-7,12H2,1H3,(H,15,18). The van der Waals surface area contributed by atoms with Gasteiger partial charge in [-0.1, -0.05) is 0 Å². The molecule has 0 atom stereocenters. The van der Waals surface area contributed by atoms with Crippen molar-refractivity contribution >= 4 is 11.6 Å². The maximum absolute atomic E-state index is 12.1. The molecule has 7 heteroatoms. The SMILES string of the molecule is CN1CCN(NC(=O)c2ccncc2NN)CC1. The molecule has 7 nitrogen and oxygen atoms in total. The number of anilines is 1. The summed E-state index contributed by atoms with van der Waals surface area (Å²) in [6.07, 6.45) is 3.10. The summed E-state index contributed by atoms with van der Waals surface area (Å²) in [4.78, 5) is 18.2. The number of likely N-dealkylation sites (N-methyl/N-ethyl adjacent to an activating group) is 1. The molecule has 1 saturated heterocycles. The minimum absolute atomic E-state index is 0.171. The molecular weight excluding hydrogens is 232 g/mol. The summed E-state index contributed by atoms with van der Waals surface area (Å²) in [7, 11) is 2.07. The van der Waals surface area contributed by atoms with Crippen LogP contribution < -0.4 is 16.7 Å². The Hall–Kier alpha value is -1.70. The topological polar surface area (TPSA) is 86.5 Å². The number of hydrogen-bond acceptors (Lipinski definition) is 6. The lowest BCUT2D eigenvalue weighted by atomic mass is 10.2. The molecule has 2 rings (SSSR count). The van der Waals surface area contributed by atoms with Gasteiger partial charge in [0.15, 0.2) is 0 Å². The number of aromatic nitrogens is 1. The van der Waals surface area contributed by atoms with Crippen LogP contribution in [0, 0.1) is 0 Å². The maximum Gasteiger partial charge on any atom is 0.267 e. The average molecular weight is 250 g/mol. The summed E-state index contributed by atoms with van der Waals surface area (Å²) in [5, 5.41) is 1.92. The van der Waals surface area contributed by atoms with Gasteiger partial charge in [-0.05, 0) is 13.1 Å². The number of amides is 1. The van der Waals surface area contributed by atoms with Crippen molar-refractivity contribution in [3.8, 4) is 0 Å². The maximum atomic E-state index is 12.1. The fourth-order valence-corrected chi connectivity index (χ4v) is 1.83. The van der Waals surface area contributed by atoms with Crippen molar-refractivity contribution in [3.05, 3.63) is 24.0 Å². The lowest BCUT2D eigenvalue weighted by Crippen LogP contribution is -2.52. The summed E-state index contributed by atoms with van der Waals surface area (Å²) >= 11 is 0. The van der Waals surface area contributed by atoms with E-state index in [-0.39, 0.29) is 5.91 Å². The quantitative estimate of drug-likeness (QED) is 0.484. The summed E-state index contributed by atoms with van der Waals surface area (Å²) in [6.45, 7) is 3.52. The number of nitrogens with one attached hydrogen (secondary N) is 2. The van der Waals surface area contributed by atoms with Crippen molar-refractivity contribution in [2.75, 3.05) is 38.7 Å². The van der Waals surface area contributed by atoms with Crippen molar-refractivity contribution < 1.29 is 4.79 Å². The number of hydrogen-bond donors (Lipinski definition) is 3. The Morgan fingerprint density at radius 1 is 1.39 bits per heavy atom. The van der Waals surface area contributed by atoms with Crippen molar-refractivity contribution in [2.24, 2.45) is 5.84 Å². The highest BCUT2D eigenvalue weighted by atomic mass is 16.2. The third-order valence-electron chi connectivity index (χ3n) is 2.98. The zero-order valence-corrected chi connectivity index (χ0v) is 10.4. The number of pyridine rings is 1. The first-order valence-electron chi connectivity index (χ1n) is 5.86. The molecule has 1 aliphatic heterocycles. The second-order valence-corrected chi connectivity index (χ2v) is 4.30. The number of nitrogens with zero attached hydrogens (tertiary/aromatic N) is 3. The van der Waals surface area contributed by atoms with Crippen molar-refractivity contribution in [3.63, 3.8) is 0 Å². The Balaban J connectivity index is 1.99. The first-order chi connectivity index (χ1) is 8.70. The van der Waals surface area contributed by atoms with Crippen LogP contribution in [0.2, 0.25) is 0 Å². The molecular formula is C11H18N6O. The molecule has 0 bridgehead atoms. The predicted octanol–water partition coefficient (Wildman–Crippen LogP) is -0.741. The highest BCUT2D eigenvalue weighted by Crippen LogP contribution is 2.11. The van der Waals surface area contributed by atoms with Crippen LogP contribution in [0.25, 0.3) is 0 Å². The molecule has 1 aliphatic rings. The Morgan fingerprint density at radius 2 is 2.11 bits per heavy atom. The minimum atomic E-state index is -0.171. The molecule has 0 radical (unpaired) electrons. The fourth-order valence-electron chi connectivity index (χ4n) is 1.83. The van der Waals surface area contributed by atoms with E-state index in [1.54, 1.807) is 12.3 Å². The third kappa shape index (κ3) is 2.95. The van der Waals surface area contributed by atoms with Gasteiger partial charge < -0.3 is 10.3 Å². The fraction of sp³-hybridized carbons (Fsp3) is 0.455. The monoisotopic (exact) mass is 250 g/mol. The molecule has 1 amide bonds. The molecule has 0 saturated carbocycles. The van der Waals surface area contributed by atoms with Gasteiger partial charge in [-0.2, -0.15) is 0 Å². The molecule has 0 aliphatic carbocycles.